The molecule has 3 aromatic heterocycles. The molecule has 0 N–H and O–H groups in total. The van der Waals surface area contributed by atoms with Crippen LogP contribution in [0.5, 0.6) is 0 Å². The van der Waals surface area contributed by atoms with E-state index in [9.17, 15) is 9.59 Å². The van der Waals surface area contributed by atoms with Crippen molar-refractivity contribution in [3.63, 3.8) is 0 Å². The number of aromatic nitrogens is 3. The van der Waals surface area contributed by atoms with E-state index in [1.54, 1.807) is 10.8 Å². The van der Waals surface area contributed by atoms with Gasteiger partial charge in [-0.05, 0) is 56.2 Å². The third-order valence-corrected chi connectivity index (χ3v) is 7.36. The number of fused-ring (bicyclic) bond motifs is 2. The van der Waals surface area contributed by atoms with E-state index in [0.717, 1.165) is 68.6 Å². The molecule has 3 aromatic rings. The van der Waals surface area contributed by atoms with Crippen molar-refractivity contribution in [2.24, 2.45) is 0 Å². The van der Waals surface area contributed by atoms with Crippen LogP contribution in [0.15, 0.2) is 29.3 Å². The first kappa shape index (κ1) is 18.5. The highest BCUT2D eigenvalue weighted by molar-refractivity contribution is 7.20. The lowest BCUT2D eigenvalue weighted by Gasteiger charge is -2.35. The summed E-state index contributed by atoms with van der Waals surface area (Å²) < 4.78 is 1.80. The molecule has 6 nitrogen and oxygen atoms in total. The molecule has 0 bridgehead atoms. The topological polar surface area (TPSA) is 68.1 Å². The minimum Gasteiger partial charge on any atom is -0.331 e. The first-order valence-electron chi connectivity index (χ1n) is 10.4. The highest BCUT2D eigenvalue weighted by Crippen LogP contribution is 2.35. The Morgan fingerprint density at radius 1 is 1.21 bits per heavy atom. The van der Waals surface area contributed by atoms with Gasteiger partial charge in [-0.15, -0.1) is 11.3 Å². The van der Waals surface area contributed by atoms with Gasteiger partial charge in [0.25, 0.3) is 11.5 Å². The SMILES string of the molecule is Cc1c(C(=O)N2CCCC[C@@H]2c2cccnc2)sc2nc3n(c(=O)c12)CCCC3. The van der Waals surface area contributed by atoms with E-state index in [4.69, 9.17) is 4.98 Å². The van der Waals surface area contributed by atoms with Crippen molar-refractivity contribution in [3.05, 3.63) is 56.7 Å². The third-order valence-electron chi connectivity index (χ3n) is 6.19. The number of aryl methyl sites for hydroxylation is 2. The zero-order valence-electron chi connectivity index (χ0n) is 16.6. The van der Waals surface area contributed by atoms with Gasteiger partial charge in [0.2, 0.25) is 0 Å². The summed E-state index contributed by atoms with van der Waals surface area (Å²) in [6, 6.07) is 4.01. The van der Waals surface area contributed by atoms with Crippen LogP contribution in [-0.2, 0) is 13.0 Å². The predicted molar refractivity (Wildman–Crippen MR) is 113 cm³/mol. The first-order valence-corrected chi connectivity index (χ1v) is 11.2. The lowest BCUT2D eigenvalue weighted by molar-refractivity contribution is 0.0615. The average Bonchev–Trinajstić information content (AvgIpc) is 3.10. The summed E-state index contributed by atoms with van der Waals surface area (Å²) in [7, 11) is 0. The molecular formula is C22H24N4O2S. The maximum absolute atomic E-state index is 13.6. The lowest BCUT2D eigenvalue weighted by Crippen LogP contribution is -2.38. The summed E-state index contributed by atoms with van der Waals surface area (Å²) in [5.41, 5.74) is 1.87. The van der Waals surface area contributed by atoms with Crippen molar-refractivity contribution in [2.45, 2.75) is 58.0 Å². The Bertz CT molecular complexity index is 1140. The summed E-state index contributed by atoms with van der Waals surface area (Å²) in [5.74, 6) is 0.877. The number of pyridine rings is 1. The molecule has 29 heavy (non-hydrogen) atoms. The number of nitrogens with zero attached hydrogens (tertiary/aromatic N) is 4. The number of hydrogen-bond acceptors (Lipinski definition) is 5. The van der Waals surface area contributed by atoms with Gasteiger partial charge in [-0.2, -0.15) is 0 Å². The maximum atomic E-state index is 13.6. The normalized spacial score (nSPS) is 19.3. The lowest BCUT2D eigenvalue weighted by atomic mass is 9.96. The van der Waals surface area contributed by atoms with Crippen molar-refractivity contribution in [3.8, 4) is 0 Å². The van der Waals surface area contributed by atoms with Crippen LogP contribution < -0.4 is 5.56 Å². The van der Waals surface area contributed by atoms with Gasteiger partial charge in [-0.1, -0.05) is 6.07 Å². The van der Waals surface area contributed by atoms with Crippen LogP contribution >= 0.6 is 11.3 Å². The quantitative estimate of drug-likeness (QED) is 0.646. The largest absolute Gasteiger partial charge is 0.331 e. The van der Waals surface area contributed by atoms with E-state index in [-0.39, 0.29) is 17.5 Å². The van der Waals surface area contributed by atoms with Crippen molar-refractivity contribution in [2.75, 3.05) is 6.54 Å². The van der Waals surface area contributed by atoms with Crippen LogP contribution in [0, 0.1) is 6.92 Å². The number of piperidine rings is 1. The molecule has 5 rings (SSSR count). The molecule has 1 amide bonds. The Kier molecular flexibility index (Phi) is 4.70. The molecular weight excluding hydrogens is 384 g/mol. The van der Waals surface area contributed by atoms with E-state index >= 15 is 0 Å². The smallest absolute Gasteiger partial charge is 0.264 e. The van der Waals surface area contributed by atoms with Crippen LogP contribution in [-0.4, -0.2) is 31.9 Å². The first-order chi connectivity index (χ1) is 14.1. The molecule has 0 radical (unpaired) electrons. The maximum Gasteiger partial charge on any atom is 0.264 e. The minimum atomic E-state index is 0.0138. The summed E-state index contributed by atoms with van der Waals surface area (Å²) in [4.78, 5) is 39.0. The molecule has 150 valence electrons. The number of likely N-dealkylation sites (tertiary alicyclic amines) is 1. The van der Waals surface area contributed by atoms with Crippen LogP contribution in [0.25, 0.3) is 10.2 Å². The molecule has 7 heteroatoms. The molecule has 0 unspecified atom stereocenters. The molecule has 0 spiro atoms. The average molecular weight is 409 g/mol. The van der Waals surface area contributed by atoms with Crippen LogP contribution in [0.1, 0.15) is 64.8 Å². The minimum absolute atomic E-state index is 0.0138. The Morgan fingerprint density at radius 2 is 2.07 bits per heavy atom. The number of carbonyl (C=O) groups is 1. The Labute approximate surface area is 173 Å². The van der Waals surface area contributed by atoms with E-state index in [0.29, 0.717) is 15.1 Å². The number of rotatable bonds is 2. The second-order valence-electron chi connectivity index (χ2n) is 7.97. The van der Waals surface area contributed by atoms with Crippen LogP contribution in [0.2, 0.25) is 0 Å². The Morgan fingerprint density at radius 3 is 2.90 bits per heavy atom. The molecule has 2 aliphatic rings. The standard InChI is InChI=1S/C22H24N4O2S/c1-14-18-20(24-17-9-3-5-12-26(17)21(18)27)29-19(14)22(28)25-11-4-2-8-16(25)15-7-6-10-23-13-15/h6-7,10,13,16H,2-5,8-9,11-12H2,1H3/t16-/m1/s1. The number of amides is 1. The van der Waals surface area contributed by atoms with Crippen molar-refractivity contribution in [1.82, 2.24) is 19.4 Å². The van der Waals surface area contributed by atoms with Crippen molar-refractivity contribution >= 4 is 27.5 Å². The van der Waals surface area contributed by atoms with Crippen molar-refractivity contribution < 1.29 is 4.79 Å². The van der Waals surface area contributed by atoms with E-state index < -0.39 is 0 Å². The van der Waals surface area contributed by atoms with Gasteiger partial charge in [-0.25, -0.2) is 4.98 Å². The second kappa shape index (κ2) is 7.37. The molecule has 1 fully saturated rings. The number of hydrogen-bond donors (Lipinski definition) is 0. The third kappa shape index (κ3) is 3.08. The fraction of sp³-hybridized carbons (Fsp3) is 0.455. The Hall–Kier alpha value is -2.54. The van der Waals surface area contributed by atoms with E-state index in [1.807, 2.05) is 30.2 Å². The van der Waals surface area contributed by atoms with Gasteiger partial charge in [0.15, 0.2) is 0 Å². The van der Waals surface area contributed by atoms with Gasteiger partial charge >= 0.3 is 0 Å². The molecule has 0 aromatic carbocycles. The highest BCUT2D eigenvalue weighted by Gasteiger charge is 2.32. The molecule has 2 aliphatic heterocycles. The molecule has 1 saturated heterocycles. The number of thiophene rings is 1. The molecule has 1 atom stereocenters. The Balaban J connectivity index is 1.58. The molecule has 5 heterocycles. The fourth-order valence-corrected chi connectivity index (χ4v) is 5.81. The predicted octanol–water partition coefficient (Wildman–Crippen LogP) is 3.87. The van der Waals surface area contributed by atoms with Gasteiger partial charge in [0.1, 0.15) is 10.7 Å². The summed E-state index contributed by atoms with van der Waals surface area (Å²) in [6.07, 6.45) is 9.57. The van der Waals surface area contributed by atoms with Crippen LogP contribution in [0.4, 0.5) is 0 Å². The molecule has 0 saturated carbocycles. The van der Waals surface area contributed by atoms with Crippen LogP contribution in [0.3, 0.4) is 0 Å². The fourth-order valence-electron chi connectivity index (χ4n) is 4.66. The van der Waals surface area contributed by atoms with E-state index in [2.05, 4.69) is 4.98 Å². The van der Waals surface area contributed by atoms with Gasteiger partial charge in [-0.3, -0.25) is 19.1 Å². The van der Waals surface area contributed by atoms with Gasteiger partial charge in [0, 0.05) is 31.9 Å². The molecule has 0 aliphatic carbocycles. The summed E-state index contributed by atoms with van der Waals surface area (Å²) in [5, 5.41) is 0.624. The monoisotopic (exact) mass is 408 g/mol. The van der Waals surface area contributed by atoms with Crippen molar-refractivity contribution in [1.29, 1.82) is 0 Å². The summed E-state index contributed by atoms with van der Waals surface area (Å²) in [6.45, 7) is 3.35. The van der Waals surface area contributed by atoms with Gasteiger partial charge < -0.3 is 4.90 Å². The zero-order valence-corrected chi connectivity index (χ0v) is 17.4. The van der Waals surface area contributed by atoms with Gasteiger partial charge in [0.05, 0.1) is 16.3 Å². The number of carbonyl (C=O) groups excluding carboxylic acids is 1. The summed E-state index contributed by atoms with van der Waals surface area (Å²) >= 11 is 1.38. The zero-order chi connectivity index (χ0) is 20.0. The second-order valence-corrected chi connectivity index (χ2v) is 8.97. The highest BCUT2D eigenvalue weighted by atomic mass is 32.1. The van der Waals surface area contributed by atoms with E-state index in [1.165, 1.54) is 11.3 Å².